The summed E-state index contributed by atoms with van der Waals surface area (Å²) in [6, 6.07) is -1.40. The number of ether oxygens (including phenoxy) is 1. The summed E-state index contributed by atoms with van der Waals surface area (Å²) in [5, 5.41) is 15.6. The van der Waals surface area contributed by atoms with Crippen LogP contribution in [0.15, 0.2) is 0 Å². The fraction of sp³-hybridized carbons (Fsp3) is 0.857. The molecule has 8 nitrogen and oxygen atoms in total. The number of nitrogens with zero attached hydrogens (tertiary/aromatic N) is 1. The number of fused-ring (bicyclic) bond motifs is 1. The maximum absolute atomic E-state index is 13.5. The summed E-state index contributed by atoms with van der Waals surface area (Å²) < 4.78 is 6.35. The zero-order valence-corrected chi connectivity index (χ0v) is 19.6. The van der Waals surface area contributed by atoms with Gasteiger partial charge in [0, 0.05) is 17.9 Å². The van der Waals surface area contributed by atoms with Gasteiger partial charge in [-0.05, 0) is 26.2 Å². The Hall–Kier alpha value is -1.19. The Morgan fingerprint density at radius 1 is 1.23 bits per heavy atom. The minimum absolute atomic E-state index is 0.112. The third kappa shape index (κ3) is 3.77. The van der Waals surface area contributed by atoms with Crippen molar-refractivity contribution in [1.29, 1.82) is 0 Å². The Bertz CT molecular complexity index is 677. The second-order valence-electron chi connectivity index (χ2n) is 8.73. The number of carbonyl (C=O) groups is 3. The molecule has 3 unspecified atom stereocenters. The highest BCUT2D eigenvalue weighted by Crippen LogP contribution is 2.60. The predicted molar refractivity (Wildman–Crippen MR) is 115 cm³/mol. The number of hydrogen-bond acceptors (Lipinski definition) is 5. The molecule has 3 fully saturated rings. The van der Waals surface area contributed by atoms with Gasteiger partial charge in [0.25, 0.3) is 0 Å². The average molecular weight is 488 g/mol. The maximum atomic E-state index is 13.5. The van der Waals surface area contributed by atoms with Crippen LogP contribution in [0.25, 0.3) is 0 Å². The zero-order chi connectivity index (χ0) is 22.1. The molecule has 0 aliphatic carbocycles. The van der Waals surface area contributed by atoms with Crippen molar-refractivity contribution in [1.82, 2.24) is 15.5 Å². The van der Waals surface area contributed by atoms with E-state index in [1.807, 2.05) is 6.92 Å². The second kappa shape index (κ2) is 9.53. The van der Waals surface area contributed by atoms with Crippen LogP contribution in [-0.4, -0.2) is 76.0 Å². The van der Waals surface area contributed by atoms with E-state index in [0.717, 1.165) is 25.7 Å². The van der Waals surface area contributed by atoms with Crippen molar-refractivity contribution in [2.24, 2.45) is 11.8 Å². The van der Waals surface area contributed by atoms with Crippen molar-refractivity contribution >= 4 is 33.7 Å². The van der Waals surface area contributed by atoms with Crippen LogP contribution >= 0.6 is 15.9 Å². The Labute approximate surface area is 186 Å². The zero-order valence-electron chi connectivity index (χ0n) is 18.0. The van der Waals surface area contributed by atoms with Crippen LogP contribution in [0.4, 0.5) is 0 Å². The third-order valence-corrected chi connectivity index (χ3v) is 7.49. The highest BCUT2D eigenvalue weighted by atomic mass is 79.9. The lowest BCUT2D eigenvalue weighted by Crippen LogP contribution is -2.57. The Morgan fingerprint density at radius 2 is 1.93 bits per heavy atom. The summed E-state index contributed by atoms with van der Waals surface area (Å²) in [5.41, 5.74) is -1.05. The van der Waals surface area contributed by atoms with Crippen molar-refractivity contribution in [2.45, 2.75) is 81.5 Å². The molecule has 3 N–H and O–H groups in total. The number of aliphatic hydroxyl groups is 1. The largest absolute Gasteiger partial charge is 0.394 e. The molecule has 2 bridgehead atoms. The topological polar surface area (TPSA) is 108 Å². The number of rotatable bonds is 10. The van der Waals surface area contributed by atoms with Crippen LogP contribution in [0, 0.1) is 11.8 Å². The van der Waals surface area contributed by atoms with E-state index in [4.69, 9.17) is 4.74 Å². The van der Waals surface area contributed by atoms with Crippen LogP contribution < -0.4 is 10.6 Å². The minimum atomic E-state index is -1.05. The first-order chi connectivity index (χ1) is 14.3. The van der Waals surface area contributed by atoms with Gasteiger partial charge < -0.3 is 25.4 Å². The lowest BCUT2D eigenvalue weighted by atomic mass is 9.70. The molecule has 0 aromatic heterocycles. The van der Waals surface area contributed by atoms with Crippen molar-refractivity contribution in [3.8, 4) is 0 Å². The van der Waals surface area contributed by atoms with Crippen LogP contribution in [-0.2, 0) is 19.1 Å². The molecule has 9 heteroatoms. The monoisotopic (exact) mass is 487 g/mol. The first-order valence-electron chi connectivity index (χ1n) is 11.1. The summed E-state index contributed by atoms with van der Waals surface area (Å²) in [5.74, 6) is -2.10. The predicted octanol–water partition coefficient (Wildman–Crippen LogP) is 0.948. The lowest BCUT2D eigenvalue weighted by molar-refractivity contribution is -0.145. The molecule has 3 heterocycles. The van der Waals surface area contributed by atoms with Gasteiger partial charge in [-0.3, -0.25) is 14.4 Å². The molecule has 0 saturated carbocycles. The van der Waals surface area contributed by atoms with Gasteiger partial charge in [-0.2, -0.15) is 0 Å². The average Bonchev–Trinajstić information content (AvgIpc) is 3.32. The molecule has 30 heavy (non-hydrogen) atoms. The van der Waals surface area contributed by atoms with E-state index >= 15 is 0 Å². The van der Waals surface area contributed by atoms with E-state index in [2.05, 4.69) is 33.5 Å². The first kappa shape index (κ1) is 23.5. The molecule has 0 aromatic rings. The number of alkyl halides is 1. The molecule has 3 saturated heterocycles. The van der Waals surface area contributed by atoms with Crippen LogP contribution in [0.1, 0.15) is 52.9 Å². The van der Waals surface area contributed by atoms with Gasteiger partial charge >= 0.3 is 0 Å². The summed E-state index contributed by atoms with van der Waals surface area (Å²) in [6.07, 6.45) is 3.74. The van der Waals surface area contributed by atoms with Gasteiger partial charge in [-0.15, -0.1) is 0 Å². The van der Waals surface area contributed by atoms with Crippen LogP contribution in [0.2, 0.25) is 0 Å². The fourth-order valence-corrected chi connectivity index (χ4v) is 6.22. The van der Waals surface area contributed by atoms with E-state index in [1.165, 1.54) is 4.90 Å². The van der Waals surface area contributed by atoms with Crippen molar-refractivity contribution < 1.29 is 24.2 Å². The first-order valence-corrected chi connectivity index (χ1v) is 12.1. The minimum Gasteiger partial charge on any atom is -0.394 e. The number of carbonyl (C=O) groups excluding carboxylic acids is 3. The number of nitrogens with one attached hydrogen (secondary N) is 2. The molecule has 3 amide bonds. The Kier molecular flexibility index (Phi) is 7.45. The van der Waals surface area contributed by atoms with Crippen LogP contribution in [0.3, 0.4) is 0 Å². The number of likely N-dealkylation sites (tertiary alicyclic amines) is 1. The molecule has 3 aliphatic heterocycles. The van der Waals surface area contributed by atoms with E-state index in [0.29, 0.717) is 19.5 Å². The molecular formula is C21H34BrN3O5. The summed E-state index contributed by atoms with van der Waals surface area (Å²) in [4.78, 5) is 41.1. The summed E-state index contributed by atoms with van der Waals surface area (Å²) in [7, 11) is 0. The number of hydrogen-bond donors (Lipinski definition) is 3. The molecule has 7 atom stereocenters. The number of unbranched alkanes of at least 4 members (excludes halogenated alkanes) is 2. The molecule has 170 valence electrons. The van der Waals surface area contributed by atoms with Gasteiger partial charge in [-0.1, -0.05) is 42.6 Å². The van der Waals surface area contributed by atoms with Gasteiger partial charge in [0.05, 0.1) is 30.6 Å². The Morgan fingerprint density at radius 3 is 2.57 bits per heavy atom. The van der Waals surface area contributed by atoms with Gasteiger partial charge in [0.1, 0.15) is 11.6 Å². The van der Waals surface area contributed by atoms with E-state index in [9.17, 15) is 19.5 Å². The lowest BCUT2D eigenvalue weighted by Gasteiger charge is -2.35. The molecule has 1 spiro atoms. The van der Waals surface area contributed by atoms with Crippen molar-refractivity contribution in [2.75, 3.05) is 19.7 Å². The van der Waals surface area contributed by atoms with Crippen molar-refractivity contribution in [3.05, 3.63) is 0 Å². The standard InChI is InChI=1S/C21H34BrN3O5/c1-4-6-7-9-24-19(28)17-21-10-13(22)16(30-21)14(18(27)23-8-5-2)15(21)20(29)25(17)12(3)11-26/h12-17,26H,4-11H2,1-3H3,(H,23,27)(H,24,28)/t12-,13?,14+,15+,16+,17?,21?/m1/s1. The second-order valence-corrected chi connectivity index (χ2v) is 9.91. The number of aliphatic hydroxyl groups excluding tert-OH is 1. The highest BCUT2D eigenvalue weighted by Gasteiger charge is 2.76. The maximum Gasteiger partial charge on any atom is 0.245 e. The quantitative estimate of drug-likeness (QED) is 0.314. The SMILES string of the molecule is CCCCCNC(=O)C1N([C@H](C)CO)C(=O)[C@@H]2[C@H](C(=O)NCCC)[C@H]3OC12CC3Br. The normalized spacial score (nSPS) is 35.4. The number of halogens is 1. The summed E-state index contributed by atoms with van der Waals surface area (Å²) >= 11 is 3.63. The van der Waals surface area contributed by atoms with E-state index < -0.39 is 35.6 Å². The highest BCUT2D eigenvalue weighted by molar-refractivity contribution is 9.09. The smallest absolute Gasteiger partial charge is 0.245 e. The van der Waals surface area contributed by atoms with E-state index in [-0.39, 0.29) is 29.2 Å². The molecular weight excluding hydrogens is 454 g/mol. The third-order valence-electron chi connectivity index (χ3n) is 6.65. The number of amides is 3. The van der Waals surface area contributed by atoms with Crippen molar-refractivity contribution in [3.63, 3.8) is 0 Å². The summed E-state index contributed by atoms with van der Waals surface area (Å²) in [6.45, 7) is 6.58. The molecule has 0 aromatic carbocycles. The molecule has 3 rings (SSSR count). The van der Waals surface area contributed by atoms with Gasteiger partial charge in [0.15, 0.2) is 0 Å². The fourth-order valence-electron chi connectivity index (χ4n) is 5.28. The molecule has 3 aliphatic rings. The molecule has 0 radical (unpaired) electrons. The van der Waals surface area contributed by atoms with E-state index in [1.54, 1.807) is 6.92 Å². The van der Waals surface area contributed by atoms with Gasteiger partial charge in [-0.25, -0.2) is 0 Å². The van der Waals surface area contributed by atoms with Gasteiger partial charge in [0.2, 0.25) is 17.7 Å². The van der Waals surface area contributed by atoms with Crippen LogP contribution in [0.5, 0.6) is 0 Å². The Balaban J connectivity index is 1.92.